The van der Waals surface area contributed by atoms with Crippen molar-refractivity contribution in [3.63, 3.8) is 0 Å². The van der Waals surface area contributed by atoms with Crippen LogP contribution in [0.3, 0.4) is 0 Å². The van der Waals surface area contributed by atoms with Crippen LogP contribution in [0, 0.1) is 0 Å². The van der Waals surface area contributed by atoms with Crippen LogP contribution < -0.4 is 0 Å². The maximum Gasteiger partial charge on any atom is 0.143 e. The highest BCUT2D eigenvalue weighted by Crippen LogP contribution is 2.26. The lowest BCUT2D eigenvalue weighted by Gasteiger charge is -2.03. The minimum absolute atomic E-state index is 0.117. The number of aromatic hydroxyl groups is 1. The third-order valence-electron chi connectivity index (χ3n) is 2.42. The Hall–Kier alpha value is -1.87. The van der Waals surface area contributed by atoms with E-state index in [1.165, 1.54) is 0 Å². The first-order valence-electron chi connectivity index (χ1n) is 4.80. The predicted octanol–water partition coefficient (Wildman–Crippen LogP) is 3.14. The van der Waals surface area contributed by atoms with Crippen molar-refractivity contribution < 1.29 is 5.11 Å². The summed E-state index contributed by atoms with van der Waals surface area (Å²) in [7, 11) is 0. The zero-order valence-corrected chi connectivity index (χ0v) is 8.94. The Kier molecular flexibility index (Phi) is 1.94. The van der Waals surface area contributed by atoms with Gasteiger partial charge in [-0.05, 0) is 24.3 Å². The highest BCUT2D eigenvalue weighted by atomic mass is 35.5. The fourth-order valence-corrected chi connectivity index (χ4v) is 1.88. The quantitative estimate of drug-likeness (QED) is 0.604. The summed E-state index contributed by atoms with van der Waals surface area (Å²) < 4.78 is 0. The van der Waals surface area contributed by atoms with Gasteiger partial charge < -0.3 is 5.11 Å². The topological polar surface area (TPSA) is 46.0 Å². The summed E-state index contributed by atoms with van der Waals surface area (Å²) in [4.78, 5) is 8.72. The lowest BCUT2D eigenvalue weighted by molar-refractivity contribution is 0.480. The third kappa shape index (κ3) is 1.29. The van der Waals surface area contributed by atoms with Gasteiger partial charge in [0.15, 0.2) is 0 Å². The van der Waals surface area contributed by atoms with Crippen LogP contribution in [0.5, 0.6) is 5.75 Å². The molecule has 2 aromatic carbocycles. The summed E-state index contributed by atoms with van der Waals surface area (Å²) in [5.41, 5.74) is 2.47. The lowest BCUT2D eigenvalue weighted by Crippen LogP contribution is -1.88. The standard InChI is InChI=1S/C12H7ClN2O/c13-7-3-1-4-8-11(7)15-12-9(14-8)5-2-6-10(12)16/h1-6,16H. The highest BCUT2D eigenvalue weighted by Gasteiger charge is 2.06. The van der Waals surface area contributed by atoms with E-state index in [0.29, 0.717) is 21.6 Å². The van der Waals surface area contributed by atoms with Crippen molar-refractivity contribution in [1.82, 2.24) is 9.97 Å². The Morgan fingerprint density at radius 1 is 0.875 bits per heavy atom. The van der Waals surface area contributed by atoms with Crippen molar-refractivity contribution in [1.29, 1.82) is 0 Å². The molecule has 0 aliphatic carbocycles. The molecular weight excluding hydrogens is 224 g/mol. The molecule has 0 aliphatic heterocycles. The Morgan fingerprint density at radius 3 is 2.38 bits per heavy atom. The maximum atomic E-state index is 9.68. The Balaban J connectivity index is 2.55. The summed E-state index contributed by atoms with van der Waals surface area (Å²) in [5, 5.41) is 10.2. The maximum absolute atomic E-state index is 9.68. The molecular formula is C12H7ClN2O. The molecule has 3 nitrogen and oxygen atoms in total. The summed E-state index contributed by atoms with van der Waals surface area (Å²) in [5.74, 6) is 0.117. The van der Waals surface area contributed by atoms with Gasteiger partial charge in [0, 0.05) is 0 Å². The van der Waals surface area contributed by atoms with Crippen LogP contribution in [0.15, 0.2) is 36.4 Å². The van der Waals surface area contributed by atoms with E-state index in [1.807, 2.05) is 18.2 Å². The highest BCUT2D eigenvalue weighted by molar-refractivity contribution is 6.35. The number of halogens is 1. The molecule has 1 N–H and O–H groups in total. The van der Waals surface area contributed by atoms with Gasteiger partial charge in [-0.2, -0.15) is 0 Å². The first-order chi connectivity index (χ1) is 7.75. The van der Waals surface area contributed by atoms with Crippen LogP contribution in [-0.2, 0) is 0 Å². The molecule has 0 fully saturated rings. The molecule has 0 spiro atoms. The molecule has 3 aromatic rings. The zero-order valence-electron chi connectivity index (χ0n) is 8.18. The van der Waals surface area contributed by atoms with E-state index in [4.69, 9.17) is 11.6 Å². The van der Waals surface area contributed by atoms with Crippen molar-refractivity contribution in [2.45, 2.75) is 0 Å². The normalized spacial score (nSPS) is 11.1. The average Bonchev–Trinajstić information content (AvgIpc) is 2.28. The number of nitrogens with zero attached hydrogens (tertiary/aromatic N) is 2. The monoisotopic (exact) mass is 230 g/mol. The van der Waals surface area contributed by atoms with Crippen molar-refractivity contribution in [3.05, 3.63) is 41.4 Å². The second kappa shape index (κ2) is 3.32. The molecule has 0 amide bonds. The van der Waals surface area contributed by atoms with E-state index in [1.54, 1.807) is 18.2 Å². The van der Waals surface area contributed by atoms with Gasteiger partial charge in [-0.15, -0.1) is 0 Å². The van der Waals surface area contributed by atoms with Crippen molar-refractivity contribution in [2.24, 2.45) is 0 Å². The average molecular weight is 231 g/mol. The molecule has 1 aromatic heterocycles. The molecule has 3 rings (SSSR count). The van der Waals surface area contributed by atoms with Gasteiger partial charge in [-0.25, -0.2) is 9.97 Å². The Bertz CT molecular complexity index is 640. The third-order valence-corrected chi connectivity index (χ3v) is 2.73. The minimum Gasteiger partial charge on any atom is -0.506 e. The molecule has 16 heavy (non-hydrogen) atoms. The first kappa shape index (κ1) is 9.36. The molecule has 0 saturated carbocycles. The SMILES string of the molecule is Oc1cccc2nc3cccc(Cl)c3nc12. The summed E-state index contributed by atoms with van der Waals surface area (Å²) in [6.45, 7) is 0. The second-order valence-corrected chi connectivity index (χ2v) is 3.88. The van der Waals surface area contributed by atoms with Crippen LogP contribution in [0.4, 0.5) is 0 Å². The number of hydrogen-bond acceptors (Lipinski definition) is 3. The van der Waals surface area contributed by atoms with Gasteiger partial charge in [0.05, 0.1) is 16.1 Å². The molecule has 0 radical (unpaired) electrons. The van der Waals surface area contributed by atoms with E-state index in [2.05, 4.69) is 9.97 Å². The Labute approximate surface area is 96.3 Å². The fourth-order valence-electron chi connectivity index (χ4n) is 1.67. The number of benzene rings is 2. The van der Waals surface area contributed by atoms with Crippen LogP contribution in [0.1, 0.15) is 0 Å². The zero-order chi connectivity index (χ0) is 11.1. The largest absolute Gasteiger partial charge is 0.506 e. The predicted molar refractivity (Wildman–Crippen MR) is 63.7 cm³/mol. The molecule has 1 heterocycles. The number of phenols is 1. The van der Waals surface area contributed by atoms with Crippen LogP contribution in [0.25, 0.3) is 22.1 Å². The smallest absolute Gasteiger partial charge is 0.143 e. The molecule has 4 heteroatoms. The molecule has 0 aliphatic rings. The molecule has 0 saturated heterocycles. The number of hydrogen-bond donors (Lipinski definition) is 1. The van der Waals surface area contributed by atoms with Crippen LogP contribution in [-0.4, -0.2) is 15.1 Å². The van der Waals surface area contributed by atoms with Gasteiger partial charge in [-0.1, -0.05) is 23.7 Å². The number of aromatic nitrogens is 2. The van der Waals surface area contributed by atoms with Crippen molar-refractivity contribution >= 4 is 33.7 Å². The van der Waals surface area contributed by atoms with Crippen LogP contribution in [0.2, 0.25) is 5.02 Å². The van der Waals surface area contributed by atoms with Gasteiger partial charge in [0.1, 0.15) is 16.8 Å². The van der Waals surface area contributed by atoms with E-state index >= 15 is 0 Å². The number of rotatable bonds is 0. The second-order valence-electron chi connectivity index (χ2n) is 3.48. The summed E-state index contributed by atoms with van der Waals surface area (Å²) in [6, 6.07) is 10.6. The molecule has 0 atom stereocenters. The number of para-hydroxylation sites is 2. The van der Waals surface area contributed by atoms with E-state index in [-0.39, 0.29) is 5.75 Å². The molecule has 0 bridgehead atoms. The van der Waals surface area contributed by atoms with Crippen LogP contribution >= 0.6 is 11.6 Å². The summed E-state index contributed by atoms with van der Waals surface area (Å²) >= 11 is 6.03. The minimum atomic E-state index is 0.117. The number of phenolic OH excluding ortho intramolecular Hbond substituents is 1. The van der Waals surface area contributed by atoms with Gasteiger partial charge >= 0.3 is 0 Å². The van der Waals surface area contributed by atoms with Gasteiger partial charge in [0.2, 0.25) is 0 Å². The van der Waals surface area contributed by atoms with Gasteiger partial charge in [0.25, 0.3) is 0 Å². The Morgan fingerprint density at radius 2 is 1.56 bits per heavy atom. The molecule has 0 unspecified atom stereocenters. The summed E-state index contributed by atoms with van der Waals surface area (Å²) in [6.07, 6.45) is 0. The van der Waals surface area contributed by atoms with Crippen molar-refractivity contribution in [2.75, 3.05) is 0 Å². The van der Waals surface area contributed by atoms with E-state index in [9.17, 15) is 5.11 Å². The fraction of sp³-hybridized carbons (Fsp3) is 0. The van der Waals surface area contributed by atoms with E-state index < -0.39 is 0 Å². The lowest BCUT2D eigenvalue weighted by atomic mass is 10.2. The van der Waals surface area contributed by atoms with Gasteiger partial charge in [-0.3, -0.25) is 0 Å². The van der Waals surface area contributed by atoms with E-state index in [0.717, 1.165) is 5.52 Å². The molecule has 78 valence electrons. The number of fused-ring (bicyclic) bond motifs is 2. The first-order valence-corrected chi connectivity index (χ1v) is 5.17. The van der Waals surface area contributed by atoms with Crippen molar-refractivity contribution in [3.8, 4) is 5.75 Å².